The number of allylic oxidation sites excluding steroid dienone is 1. The number of benzene rings is 2. The van der Waals surface area contributed by atoms with Crippen LogP contribution in [0.4, 0.5) is 5.69 Å². The molecule has 2 aliphatic heterocycles. The Hall–Kier alpha value is -2.55. The second-order valence-corrected chi connectivity index (χ2v) is 13.9. The van der Waals surface area contributed by atoms with Crippen LogP contribution in [-0.4, -0.2) is 43.9 Å². The van der Waals surface area contributed by atoms with Crippen molar-refractivity contribution in [3.05, 3.63) is 70.3 Å². The maximum atomic E-state index is 13.1. The van der Waals surface area contributed by atoms with Gasteiger partial charge in [0.2, 0.25) is 10.0 Å². The summed E-state index contributed by atoms with van der Waals surface area (Å²) in [7, 11) is -3.83. The second-order valence-electron chi connectivity index (χ2n) is 11.6. The van der Waals surface area contributed by atoms with Crippen molar-refractivity contribution in [2.45, 2.75) is 57.1 Å². The lowest BCUT2D eigenvalue weighted by Crippen LogP contribution is -2.49. The van der Waals surface area contributed by atoms with E-state index in [0.717, 1.165) is 43.4 Å². The molecule has 0 aromatic heterocycles. The number of ether oxygens (including phenoxy) is 1. The van der Waals surface area contributed by atoms with E-state index in [1.807, 2.05) is 24.3 Å². The molecule has 1 fully saturated rings. The lowest BCUT2D eigenvalue weighted by Gasteiger charge is -2.47. The Labute approximate surface area is 235 Å². The Bertz CT molecular complexity index is 1410. The molecule has 1 amide bonds. The average molecular weight is 571 g/mol. The van der Waals surface area contributed by atoms with Gasteiger partial charge in [-0.25, -0.2) is 13.1 Å². The van der Waals surface area contributed by atoms with Crippen LogP contribution in [0.5, 0.6) is 5.75 Å². The highest BCUT2D eigenvalue weighted by Crippen LogP contribution is 2.49. The van der Waals surface area contributed by atoms with Gasteiger partial charge in [-0.1, -0.05) is 29.8 Å². The van der Waals surface area contributed by atoms with Crippen LogP contribution in [0.1, 0.15) is 60.0 Å². The Morgan fingerprint density at radius 1 is 1.08 bits per heavy atom. The zero-order valence-electron chi connectivity index (χ0n) is 21.9. The predicted octanol–water partition coefficient (Wildman–Crippen LogP) is 4.86. The fourth-order valence-electron chi connectivity index (χ4n) is 6.68. The second kappa shape index (κ2) is 10.5. The van der Waals surface area contributed by atoms with Crippen LogP contribution < -0.4 is 14.4 Å². The zero-order chi connectivity index (χ0) is 27.2. The number of rotatable bonds is 0. The van der Waals surface area contributed by atoms with Gasteiger partial charge >= 0.3 is 0 Å². The number of carbonyl (C=O) groups is 1. The van der Waals surface area contributed by atoms with E-state index in [1.165, 1.54) is 5.56 Å². The Balaban J connectivity index is 1.45. The summed E-state index contributed by atoms with van der Waals surface area (Å²) in [6.45, 7) is 1.81. The molecule has 1 saturated carbocycles. The molecule has 2 aromatic carbocycles. The number of anilines is 1. The Morgan fingerprint density at radius 2 is 1.95 bits per heavy atom. The predicted molar refractivity (Wildman–Crippen MR) is 152 cm³/mol. The van der Waals surface area contributed by atoms with Crippen molar-refractivity contribution < 1.29 is 23.1 Å². The van der Waals surface area contributed by atoms with Crippen LogP contribution in [0.15, 0.2) is 48.6 Å². The van der Waals surface area contributed by atoms with Crippen molar-refractivity contribution in [2.75, 3.05) is 23.8 Å². The number of fused-ring (bicyclic) bond motifs is 6. The maximum absolute atomic E-state index is 13.1. The molecule has 39 heavy (non-hydrogen) atoms. The van der Waals surface area contributed by atoms with Gasteiger partial charge in [-0.05, 0) is 104 Å². The molecule has 2 aromatic rings. The lowest BCUT2D eigenvalue weighted by molar-refractivity contribution is -0.0496. The molecular formula is C30H35ClN2O5S. The van der Waals surface area contributed by atoms with E-state index in [9.17, 15) is 18.3 Å². The van der Waals surface area contributed by atoms with Crippen molar-refractivity contribution in [2.24, 2.45) is 17.8 Å². The van der Waals surface area contributed by atoms with Crippen LogP contribution in [0.3, 0.4) is 0 Å². The third-order valence-corrected chi connectivity index (χ3v) is 10.5. The highest BCUT2D eigenvalue weighted by molar-refractivity contribution is 7.90. The van der Waals surface area contributed by atoms with Crippen molar-refractivity contribution in [1.82, 2.24) is 4.72 Å². The first-order valence-corrected chi connectivity index (χ1v) is 16.0. The maximum Gasteiger partial charge on any atom is 0.264 e. The normalized spacial score (nSPS) is 30.3. The summed E-state index contributed by atoms with van der Waals surface area (Å²) < 4.78 is 34.1. The minimum absolute atomic E-state index is 0.0385. The van der Waals surface area contributed by atoms with Gasteiger partial charge in [0, 0.05) is 23.7 Å². The molecule has 0 radical (unpaired) electrons. The summed E-state index contributed by atoms with van der Waals surface area (Å²) in [4.78, 5) is 15.4. The van der Waals surface area contributed by atoms with Crippen molar-refractivity contribution >= 4 is 33.2 Å². The van der Waals surface area contributed by atoms with Crippen LogP contribution in [-0.2, 0) is 23.0 Å². The summed E-state index contributed by atoms with van der Waals surface area (Å²) in [5.74, 6) is 0.162. The van der Waals surface area contributed by atoms with E-state index in [2.05, 4.69) is 15.7 Å². The summed E-state index contributed by atoms with van der Waals surface area (Å²) in [6, 6.07) is 11.2. The Morgan fingerprint density at radius 3 is 2.77 bits per heavy atom. The number of aliphatic hydroxyl groups is 1. The molecular weight excluding hydrogens is 536 g/mol. The summed E-state index contributed by atoms with van der Waals surface area (Å²) in [6.07, 6.45) is 9.39. The summed E-state index contributed by atoms with van der Waals surface area (Å²) in [5, 5.41) is 12.4. The molecule has 0 spiro atoms. The van der Waals surface area contributed by atoms with E-state index in [1.54, 1.807) is 18.2 Å². The van der Waals surface area contributed by atoms with E-state index in [4.69, 9.17) is 16.3 Å². The van der Waals surface area contributed by atoms with Gasteiger partial charge in [-0.15, -0.1) is 0 Å². The SMILES string of the molecule is O=C1NS(=O)(=O)CCC2C=CC(O)(C2)[C@@H]2CC[C@H]2CN2Cc3ccc(Cl)cc3CCCCOc3ccc1cc32. The minimum atomic E-state index is -3.83. The van der Waals surface area contributed by atoms with Crippen molar-refractivity contribution in [1.29, 1.82) is 0 Å². The molecule has 4 aliphatic rings. The zero-order valence-corrected chi connectivity index (χ0v) is 23.5. The molecule has 4 bridgehead atoms. The number of halogens is 1. The number of hydrogen-bond acceptors (Lipinski definition) is 6. The number of nitrogens with one attached hydrogen (secondary N) is 1. The first-order chi connectivity index (χ1) is 18.7. The van der Waals surface area contributed by atoms with Crippen LogP contribution in [0.2, 0.25) is 5.02 Å². The molecule has 9 heteroatoms. The van der Waals surface area contributed by atoms with Gasteiger partial charge < -0.3 is 14.7 Å². The molecule has 2 aliphatic carbocycles. The third-order valence-electron chi connectivity index (χ3n) is 8.96. The highest BCUT2D eigenvalue weighted by atomic mass is 35.5. The summed E-state index contributed by atoms with van der Waals surface area (Å²) >= 11 is 6.38. The average Bonchev–Trinajstić information content (AvgIpc) is 3.24. The number of carbonyl (C=O) groups excluding carboxylic acids is 1. The molecule has 6 rings (SSSR count). The van der Waals surface area contributed by atoms with E-state index in [-0.39, 0.29) is 29.1 Å². The van der Waals surface area contributed by atoms with E-state index < -0.39 is 21.5 Å². The molecule has 208 valence electrons. The van der Waals surface area contributed by atoms with E-state index >= 15 is 0 Å². The quantitative estimate of drug-likeness (QED) is 0.439. The first-order valence-electron chi connectivity index (χ1n) is 13.9. The molecule has 2 N–H and O–H groups in total. The van der Waals surface area contributed by atoms with Crippen LogP contribution >= 0.6 is 11.6 Å². The van der Waals surface area contributed by atoms with E-state index in [0.29, 0.717) is 43.3 Å². The lowest BCUT2D eigenvalue weighted by atomic mass is 9.64. The van der Waals surface area contributed by atoms with Gasteiger partial charge in [-0.2, -0.15) is 0 Å². The fraction of sp³-hybridized carbons (Fsp3) is 0.500. The van der Waals surface area contributed by atoms with Gasteiger partial charge in [0.15, 0.2) is 0 Å². The van der Waals surface area contributed by atoms with Crippen molar-refractivity contribution in [3.8, 4) is 5.75 Å². The molecule has 7 nitrogen and oxygen atoms in total. The number of sulfonamides is 1. The van der Waals surface area contributed by atoms with Gasteiger partial charge in [0.05, 0.1) is 23.6 Å². The van der Waals surface area contributed by atoms with Crippen LogP contribution in [0.25, 0.3) is 0 Å². The van der Waals surface area contributed by atoms with Crippen LogP contribution in [0, 0.1) is 17.8 Å². The number of aryl methyl sites for hydroxylation is 1. The largest absolute Gasteiger partial charge is 0.491 e. The minimum Gasteiger partial charge on any atom is -0.491 e. The van der Waals surface area contributed by atoms with Gasteiger partial charge in [0.1, 0.15) is 5.75 Å². The fourth-order valence-corrected chi connectivity index (χ4v) is 7.99. The molecule has 0 saturated heterocycles. The number of nitrogens with zero attached hydrogens (tertiary/aromatic N) is 1. The topological polar surface area (TPSA) is 95.9 Å². The van der Waals surface area contributed by atoms with Gasteiger partial charge in [-0.3, -0.25) is 4.79 Å². The summed E-state index contributed by atoms with van der Waals surface area (Å²) in [5.41, 5.74) is 2.46. The van der Waals surface area contributed by atoms with Gasteiger partial charge in [0.25, 0.3) is 5.91 Å². The highest BCUT2D eigenvalue weighted by Gasteiger charge is 2.48. The first kappa shape index (κ1) is 26.7. The Kier molecular flexibility index (Phi) is 7.14. The standard InChI is InChI=1S/C30H35ClN2O5S/c31-25-7-4-23-18-33-19-24-5-8-26(24)30(35)12-10-20(17-30)11-14-39(36,37)32-29(34)22-6-9-28(27(33)16-22)38-13-2-1-3-21(23)15-25/h4,6-7,9-10,12,15-16,20,24,26,35H,1-3,5,8,11,13-14,17-19H2,(H,32,34)/t20?,24-,26+,30?/m0/s1. The molecule has 2 heterocycles. The molecule has 2 unspecified atom stereocenters. The van der Waals surface area contributed by atoms with Crippen molar-refractivity contribution in [3.63, 3.8) is 0 Å². The number of hydrogen-bond donors (Lipinski definition) is 2. The smallest absolute Gasteiger partial charge is 0.264 e. The number of amides is 1. The molecule has 4 atom stereocenters. The monoisotopic (exact) mass is 570 g/mol. The third kappa shape index (κ3) is 5.56.